The van der Waals surface area contributed by atoms with Crippen molar-refractivity contribution in [3.8, 4) is 0 Å². The molecule has 0 saturated heterocycles. The fourth-order valence-corrected chi connectivity index (χ4v) is 4.86. The average molecular weight is 460 g/mol. The summed E-state index contributed by atoms with van der Waals surface area (Å²) in [6.07, 6.45) is 0.135. The summed E-state index contributed by atoms with van der Waals surface area (Å²) in [6.45, 7) is 0.480. The molecule has 3 rings (SSSR count). The minimum absolute atomic E-state index is 0.135. The molecular weight excluding hydrogens is 446 g/mol. The zero-order chi connectivity index (χ0) is 20.3. The van der Waals surface area contributed by atoms with E-state index in [0.29, 0.717) is 25.9 Å². The van der Waals surface area contributed by atoms with Gasteiger partial charge in [-0.2, -0.15) is 0 Å². The summed E-state index contributed by atoms with van der Waals surface area (Å²) in [4.78, 5) is 24.6. The lowest BCUT2D eigenvalue weighted by atomic mass is 10.1. The topological polar surface area (TPSA) is 58.2 Å². The maximum atomic E-state index is 12.9. The number of amides is 2. The highest BCUT2D eigenvalue weighted by molar-refractivity contribution is 7.21. The Bertz CT molecular complexity index is 1040. The first kappa shape index (κ1) is 20.9. The lowest BCUT2D eigenvalue weighted by molar-refractivity contribution is -0.120. The monoisotopic (exact) mass is 458 g/mol. The molecule has 4 nitrogen and oxygen atoms in total. The molecule has 2 N–H and O–H groups in total. The molecule has 0 aliphatic carbocycles. The molecule has 1 heterocycles. The molecule has 0 spiro atoms. The van der Waals surface area contributed by atoms with E-state index in [9.17, 15) is 14.0 Å². The molecule has 9 heteroatoms. The van der Waals surface area contributed by atoms with Crippen LogP contribution in [-0.2, 0) is 11.2 Å². The number of benzene rings is 2. The SMILES string of the molecule is O=C(Cc1ccc(F)cc1)NCCNC(=O)c1sc2cc(Cl)cc(Cl)c2c1Cl. The van der Waals surface area contributed by atoms with E-state index in [1.807, 2.05) is 0 Å². The molecule has 0 aliphatic rings. The molecule has 146 valence electrons. The third-order valence-corrected chi connectivity index (χ3v) is 6.01. The Morgan fingerprint density at radius 3 is 2.39 bits per heavy atom. The molecule has 1 aromatic heterocycles. The van der Waals surface area contributed by atoms with Crippen LogP contribution in [0.2, 0.25) is 15.1 Å². The van der Waals surface area contributed by atoms with Crippen molar-refractivity contribution in [2.45, 2.75) is 6.42 Å². The van der Waals surface area contributed by atoms with Crippen LogP contribution in [0.5, 0.6) is 0 Å². The number of carbonyl (C=O) groups is 2. The Balaban J connectivity index is 1.52. The van der Waals surface area contributed by atoms with Gasteiger partial charge >= 0.3 is 0 Å². The number of hydrogen-bond donors (Lipinski definition) is 2. The van der Waals surface area contributed by atoms with Gasteiger partial charge in [-0.15, -0.1) is 11.3 Å². The highest BCUT2D eigenvalue weighted by Crippen LogP contribution is 2.41. The third-order valence-electron chi connectivity index (χ3n) is 3.87. The molecule has 28 heavy (non-hydrogen) atoms. The van der Waals surface area contributed by atoms with Gasteiger partial charge in [-0.1, -0.05) is 46.9 Å². The standard InChI is InChI=1S/C19H14Cl3FN2O2S/c20-11-8-13(21)16-14(9-11)28-18(17(16)22)19(27)25-6-5-24-15(26)7-10-1-3-12(23)4-2-10/h1-4,8-9H,5-7H2,(H,24,26)(H,25,27). The van der Waals surface area contributed by atoms with E-state index in [1.54, 1.807) is 24.3 Å². The summed E-state index contributed by atoms with van der Waals surface area (Å²) in [5.74, 6) is -0.927. The minimum atomic E-state index is -0.355. The third kappa shape index (κ3) is 4.94. The van der Waals surface area contributed by atoms with Gasteiger partial charge in [0.25, 0.3) is 5.91 Å². The first-order valence-electron chi connectivity index (χ1n) is 8.21. The number of rotatable bonds is 6. The fourth-order valence-electron chi connectivity index (χ4n) is 2.57. The van der Waals surface area contributed by atoms with Crippen LogP contribution in [-0.4, -0.2) is 24.9 Å². The first-order chi connectivity index (χ1) is 13.3. The molecule has 0 fully saturated rings. The van der Waals surface area contributed by atoms with Gasteiger partial charge in [-0.05, 0) is 29.8 Å². The first-order valence-corrected chi connectivity index (χ1v) is 10.2. The summed E-state index contributed by atoms with van der Waals surface area (Å²) >= 11 is 19.6. The summed E-state index contributed by atoms with van der Waals surface area (Å²) < 4.78 is 13.6. The van der Waals surface area contributed by atoms with Crippen LogP contribution in [0, 0.1) is 5.82 Å². The van der Waals surface area contributed by atoms with Crippen molar-refractivity contribution in [3.63, 3.8) is 0 Å². The number of fused-ring (bicyclic) bond motifs is 1. The van der Waals surface area contributed by atoms with Crippen LogP contribution in [0.1, 0.15) is 15.2 Å². The van der Waals surface area contributed by atoms with Crippen LogP contribution in [0.4, 0.5) is 4.39 Å². The molecule has 0 atom stereocenters. The van der Waals surface area contributed by atoms with Crippen molar-refractivity contribution in [2.24, 2.45) is 0 Å². The van der Waals surface area contributed by atoms with Crippen molar-refractivity contribution < 1.29 is 14.0 Å². The van der Waals surface area contributed by atoms with Gasteiger partial charge in [-0.25, -0.2) is 4.39 Å². The number of hydrogen-bond acceptors (Lipinski definition) is 3. The van der Waals surface area contributed by atoms with Crippen molar-refractivity contribution >= 4 is 68.0 Å². The molecule has 2 aromatic carbocycles. The highest BCUT2D eigenvalue weighted by Gasteiger charge is 2.19. The van der Waals surface area contributed by atoms with E-state index in [4.69, 9.17) is 34.8 Å². The number of nitrogens with one attached hydrogen (secondary N) is 2. The Morgan fingerprint density at radius 1 is 1.00 bits per heavy atom. The summed E-state index contributed by atoms with van der Waals surface area (Å²) in [6, 6.07) is 8.98. The van der Waals surface area contributed by atoms with Crippen molar-refractivity contribution in [3.05, 3.63) is 67.7 Å². The van der Waals surface area contributed by atoms with Crippen LogP contribution >= 0.6 is 46.1 Å². The Labute approximate surface area is 179 Å². The van der Waals surface area contributed by atoms with Crippen molar-refractivity contribution in [2.75, 3.05) is 13.1 Å². The van der Waals surface area contributed by atoms with E-state index in [-0.39, 0.29) is 42.2 Å². The van der Waals surface area contributed by atoms with Crippen molar-refractivity contribution in [1.82, 2.24) is 10.6 Å². The second-order valence-electron chi connectivity index (χ2n) is 5.92. The smallest absolute Gasteiger partial charge is 0.262 e. The van der Waals surface area contributed by atoms with Crippen molar-refractivity contribution in [1.29, 1.82) is 0 Å². The molecule has 0 radical (unpaired) electrons. The van der Waals surface area contributed by atoms with Crippen LogP contribution < -0.4 is 10.6 Å². The highest BCUT2D eigenvalue weighted by atomic mass is 35.5. The Kier molecular flexibility index (Phi) is 6.78. The van der Waals surface area contributed by atoms with Crippen LogP contribution in [0.25, 0.3) is 10.1 Å². The number of halogens is 4. The Hall–Kier alpha value is -1.86. The van der Waals surface area contributed by atoms with E-state index in [2.05, 4.69) is 10.6 Å². The molecular formula is C19H14Cl3FN2O2S. The zero-order valence-corrected chi connectivity index (χ0v) is 17.4. The fraction of sp³-hybridized carbons (Fsp3) is 0.158. The Morgan fingerprint density at radius 2 is 1.68 bits per heavy atom. The lowest BCUT2D eigenvalue weighted by Crippen LogP contribution is -2.35. The second kappa shape index (κ2) is 9.09. The molecule has 3 aromatic rings. The quantitative estimate of drug-likeness (QED) is 0.505. The summed E-state index contributed by atoms with van der Waals surface area (Å²) in [5, 5.41) is 7.12. The van der Waals surface area contributed by atoms with E-state index < -0.39 is 0 Å². The van der Waals surface area contributed by atoms with Gasteiger partial charge < -0.3 is 10.6 Å². The number of carbonyl (C=O) groups excluding carboxylic acids is 2. The molecule has 2 amide bonds. The van der Waals surface area contributed by atoms with Gasteiger partial charge in [0.05, 0.1) is 16.5 Å². The van der Waals surface area contributed by atoms with E-state index in [0.717, 1.165) is 4.70 Å². The predicted octanol–water partition coefficient (Wildman–Crippen LogP) is 5.09. The minimum Gasteiger partial charge on any atom is -0.354 e. The predicted molar refractivity (Wildman–Crippen MR) is 112 cm³/mol. The largest absolute Gasteiger partial charge is 0.354 e. The second-order valence-corrected chi connectivity index (χ2v) is 8.19. The average Bonchev–Trinajstić information content (AvgIpc) is 2.97. The van der Waals surface area contributed by atoms with Gasteiger partial charge in [0, 0.05) is 28.2 Å². The summed E-state index contributed by atoms with van der Waals surface area (Å²) in [5.41, 5.74) is 0.704. The van der Waals surface area contributed by atoms with Crippen LogP contribution in [0.3, 0.4) is 0 Å². The molecule has 0 bridgehead atoms. The lowest BCUT2D eigenvalue weighted by Gasteiger charge is -2.07. The summed E-state index contributed by atoms with van der Waals surface area (Å²) in [7, 11) is 0. The molecule has 0 unspecified atom stereocenters. The van der Waals surface area contributed by atoms with Gasteiger partial charge in [0.2, 0.25) is 5.91 Å². The zero-order valence-electron chi connectivity index (χ0n) is 14.3. The van der Waals surface area contributed by atoms with Gasteiger partial charge in [-0.3, -0.25) is 9.59 Å². The molecule has 0 aliphatic heterocycles. The van der Waals surface area contributed by atoms with Gasteiger partial charge in [0.15, 0.2) is 0 Å². The van der Waals surface area contributed by atoms with Gasteiger partial charge in [0.1, 0.15) is 10.7 Å². The van der Waals surface area contributed by atoms with E-state index in [1.165, 1.54) is 23.5 Å². The number of thiophene rings is 1. The molecule has 0 saturated carbocycles. The maximum absolute atomic E-state index is 12.9. The maximum Gasteiger partial charge on any atom is 0.262 e. The van der Waals surface area contributed by atoms with Crippen LogP contribution in [0.15, 0.2) is 36.4 Å². The van der Waals surface area contributed by atoms with E-state index >= 15 is 0 Å². The normalized spacial score (nSPS) is 10.9.